The van der Waals surface area contributed by atoms with E-state index in [4.69, 9.17) is 15.3 Å². The molecule has 1 saturated heterocycles. The zero-order chi connectivity index (χ0) is 18.7. The van der Waals surface area contributed by atoms with Gasteiger partial charge in [-0.15, -0.1) is 10.2 Å². The summed E-state index contributed by atoms with van der Waals surface area (Å²) in [7, 11) is 3.15. The highest BCUT2D eigenvalue weighted by atomic mass is 32.2. The summed E-state index contributed by atoms with van der Waals surface area (Å²) in [5, 5.41) is 8.55. The summed E-state index contributed by atoms with van der Waals surface area (Å²) < 4.78 is 12.0. The molecule has 0 bridgehead atoms. The van der Waals surface area contributed by atoms with Crippen LogP contribution in [0.4, 0.5) is 0 Å². The maximum atomic E-state index is 12.5. The molecule has 140 valence electrons. The van der Waals surface area contributed by atoms with Gasteiger partial charge in [-0.2, -0.15) is 0 Å². The Morgan fingerprint density at radius 1 is 1.19 bits per heavy atom. The van der Waals surface area contributed by atoms with Gasteiger partial charge in [0.2, 0.25) is 11.1 Å². The quantitative estimate of drug-likeness (QED) is 0.605. The van der Waals surface area contributed by atoms with Gasteiger partial charge in [-0.25, -0.2) is 4.68 Å². The van der Waals surface area contributed by atoms with Gasteiger partial charge in [0, 0.05) is 18.7 Å². The van der Waals surface area contributed by atoms with E-state index in [0.29, 0.717) is 22.5 Å². The number of likely N-dealkylation sites (tertiary alicyclic amines) is 1. The van der Waals surface area contributed by atoms with Crippen LogP contribution in [0.2, 0.25) is 0 Å². The predicted octanol–water partition coefficient (Wildman–Crippen LogP) is 1.78. The molecule has 26 heavy (non-hydrogen) atoms. The second-order valence-electron chi connectivity index (χ2n) is 6.04. The van der Waals surface area contributed by atoms with E-state index in [1.54, 1.807) is 26.4 Å². The largest absolute Gasteiger partial charge is 0.493 e. The third kappa shape index (κ3) is 3.57. The van der Waals surface area contributed by atoms with Gasteiger partial charge >= 0.3 is 0 Å². The van der Waals surface area contributed by atoms with Crippen LogP contribution < -0.4 is 15.3 Å². The first-order chi connectivity index (χ1) is 12.5. The third-order valence-corrected chi connectivity index (χ3v) is 5.40. The Labute approximate surface area is 156 Å². The number of ether oxygens (including phenoxy) is 2. The molecule has 1 aliphatic heterocycles. The number of hydrogen-bond donors (Lipinski definition) is 1. The first-order valence-corrected chi connectivity index (χ1v) is 9.31. The number of nitrogens with two attached hydrogens (primary N) is 1. The number of rotatable bonds is 6. The minimum atomic E-state index is -0.266. The molecular weight excluding hydrogens is 354 g/mol. The Balaban J connectivity index is 1.78. The summed E-state index contributed by atoms with van der Waals surface area (Å²) in [6.45, 7) is 3.53. The van der Waals surface area contributed by atoms with Gasteiger partial charge in [-0.1, -0.05) is 11.8 Å². The van der Waals surface area contributed by atoms with E-state index in [-0.39, 0.29) is 11.2 Å². The van der Waals surface area contributed by atoms with E-state index in [1.807, 2.05) is 17.9 Å². The van der Waals surface area contributed by atoms with E-state index in [0.717, 1.165) is 31.5 Å². The Morgan fingerprint density at radius 2 is 1.88 bits per heavy atom. The van der Waals surface area contributed by atoms with Crippen molar-refractivity contribution in [1.29, 1.82) is 0 Å². The summed E-state index contributed by atoms with van der Waals surface area (Å²) in [5.41, 5.74) is 0.753. The van der Waals surface area contributed by atoms with Crippen molar-refractivity contribution in [3.8, 4) is 22.9 Å². The summed E-state index contributed by atoms with van der Waals surface area (Å²) in [6.07, 6.45) is 2.14. The lowest BCUT2D eigenvalue weighted by molar-refractivity contribution is -0.129. The zero-order valence-electron chi connectivity index (χ0n) is 15.1. The van der Waals surface area contributed by atoms with E-state index in [9.17, 15) is 4.79 Å². The third-order valence-electron chi connectivity index (χ3n) is 4.35. The van der Waals surface area contributed by atoms with Crippen LogP contribution in [0.25, 0.3) is 11.4 Å². The van der Waals surface area contributed by atoms with Gasteiger partial charge in [0.05, 0.1) is 19.5 Å². The Hall–Kier alpha value is -2.42. The predicted molar refractivity (Wildman–Crippen MR) is 99.8 cm³/mol. The molecule has 9 heteroatoms. The van der Waals surface area contributed by atoms with Gasteiger partial charge < -0.3 is 20.2 Å². The van der Waals surface area contributed by atoms with Crippen LogP contribution in [0.15, 0.2) is 23.4 Å². The van der Waals surface area contributed by atoms with Crippen LogP contribution in [0.5, 0.6) is 11.5 Å². The fraction of sp³-hybridized carbons (Fsp3) is 0.471. The molecule has 2 aromatic rings. The number of methoxy groups -OCH3 is 2. The molecular formula is C17H23N5O3S. The number of benzene rings is 1. The summed E-state index contributed by atoms with van der Waals surface area (Å²) in [4.78, 5) is 14.4. The second-order valence-corrected chi connectivity index (χ2v) is 7.35. The Morgan fingerprint density at radius 3 is 2.54 bits per heavy atom. The second kappa shape index (κ2) is 7.86. The maximum absolute atomic E-state index is 12.5. The number of thioether (sulfide) groups is 1. The lowest BCUT2D eigenvalue weighted by atomic mass is 10.2. The van der Waals surface area contributed by atoms with E-state index >= 15 is 0 Å². The number of carbonyl (C=O) groups excluding carboxylic acids is 1. The van der Waals surface area contributed by atoms with Gasteiger partial charge in [-0.05, 0) is 38.0 Å². The molecule has 1 amide bonds. The highest BCUT2D eigenvalue weighted by molar-refractivity contribution is 8.00. The molecule has 0 radical (unpaired) electrons. The van der Waals surface area contributed by atoms with Gasteiger partial charge in [0.15, 0.2) is 17.3 Å². The van der Waals surface area contributed by atoms with Crippen LogP contribution in [0.3, 0.4) is 0 Å². The number of carbonyl (C=O) groups is 1. The molecule has 1 aliphatic rings. The lowest BCUT2D eigenvalue weighted by Gasteiger charge is -2.19. The van der Waals surface area contributed by atoms with Crippen LogP contribution in [-0.2, 0) is 4.79 Å². The smallest absolute Gasteiger partial charge is 0.235 e. The van der Waals surface area contributed by atoms with Gasteiger partial charge in [0.1, 0.15) is 0 Å². The molecule has 0 spiro atoms. The van der Waals surface area contributed by atoms with Crippen molar-refractivity contribution in [3.05, 3.63) is 18.2 Å². The van der Waals surface area contributed by atoms with Gasteiger partial charge in [-0.3, -0.25) is 4.79 Å². The van der Waals surface area contributed by atoms with E-state index < -0.39 is 0 Å². The molecule has 1 fully saturated rings. The molecule has 1 atom stereocenters. The van der Waals surface area contributed by atoms with Crippen molar-refractivity contribution < 1.29 is 14.3 Å². The standard InChI is InChI=1S/C17H23N5O3S/c1-11(16(23)21-8-4-5-9-21)26-17-20-19-15(22(17)18)12-6-7-13(24-2)14(10-12)25-3/h6-7,10-11H,4-5,8-9,18H2,1-3H3. The van der Waals surface area contributed by atoms with Crippen molar-refractivity contribution in [1.82, 2.24) is 19.8 Å². The van der Waals surface area contributed by atoms with Crippen LogP contribution >= 0.6 is 11.8 Å². The molecule has 2 N–H and O–H groups in total. The van der Waals surface area contributed by atoms with Gasteiger partial charge in [0.25, 0.3) is 0 Å². The lowest BCUT2D eigenvalue weighted by Crippen LogP contribution is -2.34. The SMILES string of the molecule is COc1ccc(-c2nnc(SC(C)C(=O)N3CCCC3)n2N)cc1OC. The Bertz CT molecular complexity index is 789. The van der Waals surface area contributed by atoms with Crippen LogP contribution in [0, 0.1) is 0 Å². The Kier molecular flexibility index (Phi) is 5.55. The monoisotopic (exact) mass is 377 g/mol. The highest BCUT2D eigenvalue weighted by Crippen LogP contribution is 2.32. The van der Waals surface area contributed by atoms with Crippen LogP contribution in [-0.4, -0.2) is 58.2 Å². The molecule has 0 saturated carbocycles. The van der Waals surface area contributed by atoms with Crippen LogP contribution in [0.1, 0.15) is 19.8 Å². The summed E-state index contributed by atoms with van der Waals surface area (Å²) in [6, 6.07) is 5.41. The number of nitrogens with zero attached hydrogens (tertiary/aromatic N) is 4. The molecule has 8 nitrogen and oxygen atoms in total. The number of hydrogen-bond acceptors (Lipinski definition) is 7. The topological polar surface area (TPSA) is 95.5 Å². The average molecular weight is 377 g/mol. The highest BCUT2D eigenvalue weighted by Gasteiger charge is 2.26. The molecule has 1 aromatic carbocycles. The molecule has 1 unspecified atom stereocenters. The number of amides is 1. The van der Waals surface area contributed by atoms with Crippen molar-refractivity contribution in [2.75, 3.05) is 33.2 Å². The van der Waals surface area contributed by atoms with E-state index in [2.05, 4.69) is 10.2 Å². The fourth-order valence-electron chi connectivity index (χ4n) is 2.93. The zero-order valence-corrected chi connectivity index (χ0v) is 16.0. The average Bonchev–Trinajstić information content (AvgIpc) is 3.31. The maximum Gasteiger partial charge on any atom is 0.235 e. The summed E-state index contributed by atoms with van der Waals surface area (Å²) >= 11 is 1.32. The van der Waals surface area contributed by atoms with E-state index in [1.165, 1.54) is 16.4 Å². The molecule has 1 aromatic heterocycles. The first kappa shape index (κ1) is 18.4. The molecule has 3 rings (SSSR count). The van der Waals surface area contributed by atoms with Crippen molar-refractivity contribution in [3.63, 3.8) is 0 Å². The van der Waals surface area contributed by atoms with Crippen molar-refractivity contribution in [2.24, 2.45) is 0 Å². The molecule has 0 aliphatic carbocycles. The summed E-state index contributed by atoms with van der Waals surface area (Å²) in [5.74, 6) is 7.99. The number of aromatic nitrogens is 3. The molecule has 2 heterocycles. The van der Waals surface area contributed by atoms with Crippen molar-refractivity contribution in [2.45, 2.75) is 30.2 Å². The minimum Gasteiger partial charge on any atom is -0.493 e. The number of nitrogen functional groups attached to an aromatic ring is 1. The fourth-order valence-corrected chi connectivity index (χ4v) is 3.79. The normalized spacial score (nSPS) is 15.1. The van der Waals surface area contributed by atoms with Crippen molar-refractivity contribution >= 4 is 17.7 Å². The first-order valence-electron chi connectivity index (χ1n) is 8.43. The minimum absolute atomic E-state index is 0.114.